The Morgan fingerprint density at radius 3 is 0.744 bits per heavy atom. The molecule has 10 rings (SSSR count). The van der Waals surface area contributed by atoms with Crippen molar-refractivity contribution in [2.75, 3.05) is 0 Å². The Morgan fingerprint density at radius 2 is 0.462 bits per heavy atom. The summed E-state index contributed by atoms with van der Waals surface area (Å²) in [5, 5.41) is 24.2. The van der Waals surface area contributed by atoms with Crippen molar-refractivity contribution in [1.29, 1.82) is 0 Å². The molecule has 0 radical (unpaired) electrons. The van der Waals surface area contributed by atoms with E-state index in [1.807, 2.05) is 0 Å². The summed E-state index contributed by atoms with van der Waals surface area (Å²) < 4.78 is 3.44. The number of hydrogen-bond donors (Lipinski definition) is 0. The average molecular weight is 687 g/mol. The fourth-order valence-electron chi connectivity index (χ4n) is 7.73. The van der Waals surface area contributed by atoms with Gasteiger partial charge in [-0.05, 0) is 115 Å². The van der Waals surface area contributed by atoms with Crippen LogP contribution in [0, 0.1) is 0 Å². The summed E-state index contributed by atoms with van der Waals surface area (Å²) in [7, 11) is 0. The standard InChI is InChI=1S/C36H15Br3/c37-25-13-10-22-28-16(25)4-1-7-19(28)31-34(22)32-21-9-3-6-18-27(39)15-12-24(30(18)21)36(32)33-20-8-2-5-17-26(38)14-11-23(29(17)20)35(31)33/h1-15H. The minimum absolute atomic E-state index is 1.15. The third-order valence-electron chi connectivity index (χ3n) is 9.08. The van der Waals surface area contributed by atoms with Crippen molar-refractivity contribution in [1.82, 2.24) is 0 Å². The van der Waals surface area contributed by atoms with Crippen LogP contribution in [-0.2, 0) is 0 Å². The van der Waals surface area contributed by atoms with Crippen molar-refractivity contribution in [3.63, 3.8) is 0 Å². The summed E-state index contributed by atoms with van der Waals surface area (Å²) in [6.45, 7) is 0. The molecular weight excluding hydrogens is 672 g/mol. The zero-order valence-electron chi connectivity index (χ0n) is 20.3. The van der Waals surface area contributed by atoms with Crippen LogP contribution in [0.4, 0.5) is 0 Å². The third-order valence-corrected chi connectivity index (χ3v) is 11.2. The van der Waals surface area contributed by atoms with Gasteiger partial charge in [-0.15, -0.1) is 0 Å². The second-order valence-corrected chi connectivity index (χ2v) is 13.3. The molecule has 3 heteroatoms. The predicted octanol–water partition coefficient (Wildman–Crippen LogP) is 12.7. The lowest BCUT2D eigenvalue weighted by atomic mass is 9.97. The summed E-state index contributed by atoms with van der Waals surface area (Å²) in [4.78, 5) is 0. The lowest BCUT2D eigenvalue weighted by Gasteiger charge is -2.05. The molecule has 0 N–H and O–H groups in total. The van der Waals surface area contributed by atoms with E-state index in [9.17, 15) is 0 Å². The Morgan fingerprint density at radius 1 is 0.231 bits per heavy atom. The number of halogens is 3. The predicted molar refractivity (Wildman–Crippen MR) is 181 cm³/mol. The molecule has 0 saturated heterocycles. The van der Waals surface area contributed by atoms with E-state index in [2.05, 4.69) is 139 Å². The van der Waals surface area contributed by atoms with Gasteiger partial charge in [0.1, 0.15) is 0 Å². The number of fused-ring (bicyclic) bond motifs is 12. The summed E-state index contributed by atoms with van der Waals surface area (Å²) in [6, 6.07) is 34.0. The second kappa shape index (κ2) is 7.09. The SMILES string of the molecule is Brc1ccc2c3c1cccc3c1c2c2c3cccc4c(Br)ccc(c43)c2c2c3cccc4c(Br)ccc(c43)c12. The highest BCUT2D eigenvalue weighted by Gasteiger charge is 2.27. The molecule has 10 aromatic rings. The molecule has 0 aromatic heterocycles. The fraction of sp³-hybridized carbons (Fsp3) is 0. The van der Waals surface area contributed by atoms with E-state index in [4.69, 9.17) is 0 Å². The number of rotatable bonds is 0. The van der Waals surface area contributed by atoms with Crippen LogP contribution in [0.3, 0.4) is 0 Å². The van der Waals surface area contributed by atoms with Crippen LogP contribution in [0.1, 0.15) is 0 Å². The van der Waals surface area contributed by atoms with E-state index in [0.717, 1.165) is 13.4 Å². The molecule has 0 fully saturated rings. The molecule has 0 nitrogen and oxygen atoms in total. The van der Waals surface area contributed by atoms with Crippen LogP contribution in [0.2, 0.25) is 0 Å². The molecular formula is C36H15Br3. The van der Waals surface area contributed by atoms with Gasteiger partial charge in [-0.2, -0.15) is 0 Å². The third kappa shape index (κ3) is 2.36. The van der Waals surface area contributed by atoms with E-state index < -0.39 is 0 Å². The van der Waals surface area contributed by atoms with Crippen LogP contribution in [0.25, 0.3) is 97.0 Å². The van der Waals surface area contributed by atoms with E-state index in [1.165, 1.54) is 97.0 Å². The topological polar surface area (TPSA) is 0 Å². The van der Waals surface area contributed by atoms with Gasteiger partial charge in [0.05, 0.1) is 0 Å². The van der Waals surface area contributed by atoms with Gasteiger partial charge < -0.3 is 0 Å². The van der Waals surface area contributed by atoms with Crippen molar-refractivity contribution in [3.8, 4) is 0 Å². The molecule has 0 bridgehead atoms. The second-order valence-electron chi connectivity index (χ2n) is 10.7. The smallest absolute Gasteiger partial charge is 0.0254 e. The lowest BCUT2D eigenvalue weighted by Crippen LogP contribution is -1.75. The molecule has 0 aliphatic rings. The molecule has 10 aromatic carbocycles. The normalized spacial score (nSPS) is 13.0. The molecule has 0 saturated carbocycles. The maximum absolute atomic E-state index is 3.86. The summed E-state index contributed by atoms with van der Waals surface area (Å²) in [5.41, 5.74) is 0. The van der Waals surface area contributed by atoms with Crippen molar-refractivity contribution < 1.29 is 0 Å². The van der Waals surface area contributed by atoms with Crippen LogP contribution in [-0.4, -0.2) is 0 Å². The molecule has 0 unspecified atom stereocenters. The maximum Gasteiger partial charge on any atom is 0.0254 e. The molecule has 39 heavy (non-hydrogen) atoms. The van der Waals surface area contributed by atoms with Crippen LogP contribution in [0.5, 0.6) is 0 Å². The minimum atomic E-state index is 1.15. The molecule has 0 spiro atoms. The summed E-state index contributed by atoms with van der Waals surface area (Å²) in [6.07, 6.45) is 0. The largest absolute Gasteiger partial charge is 0.0610 e. The molecule has 0 aliphatic heterocycles. The highest BCUT2D eigenvalue weighted by molar-refractivity contribution is 9.11. The van der Waals surface area contributed by atoms with Crippen LogP contribution >= 0.6 is 47.8 Å². The Balaban J connectivity index is 1.72. The zero-order chi connectivity index (χ0) is 25.7. The molecule has 0 amide bonds. The van der Waals surface area contributed by atoms with Gasteiger partial charge in [0.15, 0.2) is 0 Å². The lowest BCUT2D eigenvalue weighted by molar-refractivity contribution is 1.79. The van der Waals surface area contributed by atoms with E-state index in [1.54, 1.807) is 0 Å². The van der Waals surface area contributed by atoms with Gasteiger partial charge in [0, 0.05) is 13.4 Å². The highest BCUT2D eigenvalue weighted by Crippen LogP contribution is 2.56. The fourth-order valence-corrected chi connectivity index (χ4v) is 9.12. The van der Waals surface area contributed by atoms with Gasteiger partial charge in [-0.3, -0.25) is 0 Å². The van der Waals surface area contributed by atoms with Crippen LogP contribution < -0.4 is 0 Å². The van der Waals surface area contributed by atoms with Crippen LogP contribution in [0.15, 0.2) is 104 Å². The molecule has 0 atom stereocenters. The monoisotopic (exact) mass is 684 g/mol. The molecule has 0 heterocycles. The Bertz CT molecular complexity index is 2280. The summed E-state index contributed by atoms with van der Waals surface area (Å²) in [5.74, 6) is 0. The first-order valence-corrected chi connectivity index (χ1v) is 15.4. The van der Waals surface area contributed by atoms with Gasteiger partial charge >= 0.3 is 0 Å². The minimum Gasteiger partial charge on any atom is -0.0610 e. The van der Waals surface area contributed by atoms with Crippen molar-refractivity contribution in [3.05, 3.63) is 104 Å². The first-order chi connectivity index (χ1) is 19.1. The first kappa shape index (κ1) is 21.6. The highest BCUT2D eigenvalue weighted by atomic mass is 79.9. The first-order valence-electron chi connectivity index (χ1n) is 13.0. The van der Waals surface area contributed by atoms with Crippen molar-refractivity contribution >= 4 is 145 Å². The van der Waals surface area contributed by atoms with Gasteiger partial charge in [0.2, 0.25) is 0 Å². The molecule has 0 aliphatic carbocycles. The Labute approximate surface area is 247 Å². The van der Waals surface area contributed by atoms with Crippen molar-refractivity contribution in [2.24, 2.45) is 0 Å². The van der Waals surface area contributed by atoms with Gasteiger partial charge in [-0.25, -0.2) is 0 Å². The average Bonchev–Trinajstić information content (AvgIpc) is 3.58. The van der Waals surface area contributed by atoms with E-state index >= 15 is 0 Å². The molecule has 180 valence electrons. The number of hydrogen-bond acceptors (Lipinski definition) is 0. The van der Waals surface area contributed by atoms with Gasteiger partial charge in [-0.1, -0.05) is 121 Å². The maximum atomic E-state index is 3.86. The summed E-state index contributed by atoms with van der Waals surface area (Å²) >= 11 is 11.6. The van der Waals surface area contributed by atoms with Crippen molar-refractivity contribution in [2.45, 2.75) is 0 Å². The Hall–Kier alpha value is -3.24. The quantitative estimate of drug-likeness (QED) is 0.149. The van der Waals surface area contributed by atoms with E-state index in [-0.39, 0.29) is 0 Å². The Kier molecular flexibility index (Phi) is 3.92. The van der Waals surface area contributed by atoms with Gasteiger partial charge in [0.25, 0.3) is 0 Å². The number of benzene rings is 7. The zero-order valence-corrected chi connectivity index (χ0v) is 25.1. The van der Waals surface area contributed by atoms with E-state index in [0.29, 0.717) is 0 Å².